The van der Waals surface area contributed by atoms with E-state index in [2.05, 4.69) is 0 Å². The predicted octanol–water partition coefficient (Wildman–Crippen LogP) is 1.91. The Kier molecular flexibility index (Phi) is 3.91. The maximum absolute atomic E-state index is 13.6. The fourth-order valence-corrected chi connectivity index (χ4v) is 1.37. The van der Waals surface area contributed by atoms with E-state index in [0.29, 0.717) is 23.6 Å². The molecule has 1 unspecified atom stereocenters. The number of ether oxygens (including phenoxy) is 2. The first-order valence-electron chi connectivity index (χ1n) is 4.75. The Morgan fingerprint density at radius 3 is 2.27 bits per heavy atom. The second-order valence-corrected chi connectivity index (χ2v) is 3.37. The van der Waals surface area contributed by atoms with Gasteiger partial charge in [-0.25, -0.2) is 4.39 Å². The predicted molar refractivity (Wildman–Crippen MR) is 57.0 cm³/mol. The molecule has 0 aliphatic rings. The van der Waals surface area contributed by atoms with Crippen LogP contribution in [0, 0.1) is 5.82 Å². The Balaban J connectivity index is 3.19. The standard InChI is InChI=1S/C11H16FNO2/c1-7(6-13)8-4-10(14-2)11(15-3)5-9(8)12/h4-5,7H,6,13H2,1-3H3. The molecule has 0 amide bonds. The SMILES string of the molecule is COc1cc(F)c(C(C)CN)cc1OC. The van der Waals surface area contributed by atoms with Crippen molar-refractivity contribution >= 4 is 0 Å². The molecular formula is C11H16FNO2. The van der Waals surface area contributed by atoms with Gasteiger partial charge in [0, 0.05) is 6.07 Å². The summed E-state index contributed by atoms with van der Waals surface area (Å²) < 4.78 is 23.7. The van der Waals surface area contributed by atoms with Crippen molar-refractivity contribution in [3.05, 3.63) is 23.5 Å². The normalized spacial score (nSPS) is 12.3. The molecule has 0 aliphatic carbocycles. The third kappa shape index (κ3) is 2.39. The van der Waals surface area contributed by atoms with E-state index >= 15 is 0 Å². The summed E-state index contributed by atoms with van der Waals surface area (Å²) in [6.45, 7) is 2.26. The van der Waals surface area contributed by atoms with E-state index < -0.39 is 0 Å². The average molecular weight is 213 g/mol. The summed E-state index contributed by atoms with van der Waals surface area (Å²) in [5.74, 6) is 0.563. The molecule has 0 aromatic heterocycles. The fraction of sp³-hybridized carbons (Fsp3) is 0.455. The zero-order chi connectivity index (χ0) is 11.4. The maximum Gasteiger partial charge on any atom is 0.163 e. The van der Waals surface area contributed by atoms with Gasteiger partial charge in [-0.05, 0) is 24.1 Å². The molecule has 1 rings (SSSR count). The molecule has 0 fully saturated rings. The number of hydrogen-bond acceptors (Lipinski definition) is 3. The van der Waals surface area contributed by atoms with Gasteiger partial charge in [0.2, 0.25) is 0 Å². The van der Waals surface area contributed by atoms with Crippen LogP contribution in [0.15, 0.2) is 12.1 Å². The van der Waals surface area contributed by atoms with Crippen LogP contribution in [-0.4, -0.2) is 20.8 Å². The number of rotatable bonds is 4. The minimum absolute atomic E-state index is 0.0372. The summed E-state index contributed by atoms with van der Waals surface area (Å²) in [6.07, 6.45) is 0. The molecule has 1 atom stereocenters. The van der Waals surface area contributed by atoms with Crippen LogP contribution in [0.5, 0.6) is 11.5 Å². The van der Waals surface area contributed by atoms with Crippen LogP contribution in [0.25, 0.3) is 0 Å². The third-order valence-electron chi connectivity index (χ3n) is 2.39. The highest BCUT2D eigenvalue weighted by Crippen LogP contribution is 2.32. The number of benzene rings is 1. The van der Waals surface area contributed by atoms with Crippen LogP contribution < -0.4 is 15.2 Å². The van der Waals surface area contributed by atoms with Crippen molar-refractivity contribution in [3.8, 4) is 11.5 Å². The van der Waals surface area contributed by atoms with E-state index in [0.717, 1.165) is 0 Å². The molecule has 2 N–H and O–H groups in total. The van der Waals surface area contributed by atoms with Gasteiger partial charge in [0.25, 0.3) is 0 Å². The van der Waals surface area contributed by atoms with Crippen molar-refractivity contribution in [1.29, 1.82) is 0 Å². The van der Waals surface area contributed by atoms with Gasteiger partial charge >= 0.3 is 0 Å². The minimum atomic E-state index is -0.314. The number of nitrogens with two attached hydrogens (primary N) is 1. The van der Waals surface area contributed by atoms with Crippen LogP contribution in [0.4, 0.5) is 4.39 Å². The summed E-state index contributed by atoms with van der Waals surface area (Å²) in [7, 11) is 3.00. The summed E-state index contributed by atoms with van der Waals surface area (Å²) in [5.41, 5.74) is 6.05. The Hall–Kier alpha value is -1.29. The van der Waals surface area contributed by atoms with E-state index in [4.69, 9.17) is 15.2 Å². The second kappa shape index (κ2) is 4.98. The lowest BCUT2D eigenvalue weighted by Crippen LogP contribution is -2.11. The molecule has 84 valence electrons. The van der Waals surface area contributed by atoms with Crippen LogP contribution in [0.3, 0.4) is 0 Å². The van der Waals surface area contributed by atoms with Gasteiger partial charge < -0.3 is 15.2 Å². The Morgan fingerprint density at radius 1 is 1.27 bits per heavy atom. The third-order valence-corrected chi connectivity index (χ3v) is 2.39. The van der Waals surface area contributed by atoms with Crippen molar-refractivity contribution < 1.29 is 13.9 Å². The maximum atomic E-state index is 13.6. The lowest BCUT2D eigenvalue weighted by molar-refractivity contribution is 0.351. The molecule has 0 spiro atoms. The largest absolute Gasteiger partial charge is 0.493 e. The molecule has 3 nitrogen and oxygen atoms in total. The first kappa shape index (κ1) is 11.8. The van der Waals surface area contributed by atoms with Crippen LogP contribution in [0.2, 0.25) is 0 Å². The number of halogens is 1. The molecule has 0 heterocycles. The average Bonchev–Trinajstić information content (AvgIpc) is 2.27. The monoisotopic (exact) mass is 213 g/mol. The topological polar surface area (TPSA) is 44.5 Å². The Morgan fingerprint density at radius 2 is 1.80 bits per heavy atom. The summed E-state index contributed by atoms with van der Waals surface area (Å²) in [6, 6.07) is 2.95. The number of methoxy groups -OCH3 is 2. The zero-order valence-corrected chi connectivity index (χ0v) is 9.21. The van der Waals surface area contributed by atoms with Crippen LogP contribution >= 0.6 is 0 Å². The van der Waals surface area contributed by atoms with Gasteiger partial charge in [0.05, 0.1) is 14.2 Å². The van der Waals surface area contributed by atoms with E-state index in [-0.39, 0.29) is 11.7 Å². The summed E-state index contributed by atoms with van der Waals surface area (Å²) >= 11 is 0. The van der Waals surface area contributed by atoms with Crippen molar-refractivity contribution in [2.75, 3.05) is 20.8 Å². The van der Waals surface area contributed by atoms with Crippen LogP contribution in [0.1, 0.15) is 18.4 Å². The molecule has 0 radical (unpaired) electrons. The van der Waals surface area contributed by atoms with Gasteiger partial charge in [-0.15, -0.1) is 0 Å². The van der Waals surface area contributed by atoms with Crippen molar-refractivity contribution in [2.45, 2.75) is 12.8 Å². The molecule has 15 heavy (non-hydrogen) atoms. The van der Waals surface area contributed by atoms with Gasteiger partial charge in [-0.2, -0.15) is 0 Å². The molecule has 4 heteroatoms. The van der Waals surface area contributed by atoms with Gasteiger partial charge in [-0.3, -0.25) is 0 Å². The first-order valence-corrected chi connectivity index (χ1v) is 4.75. The highest BCUT2D eigenvalue weighted by molar-refractivity contribution is 5.44. The van der Waals surface area contributed by atoms with Gasteiger partial charge in [0.1, 0.15) is 5.82 Å². The molecule has 1 aromatic rings. The Labute approximate surface area is 89.0 Å². The zero-order valence-electron chi connectivity index (χ0n) is 9.21. The van der Waals surface area contributed by atoms with Crippen LogP contribution in [-0.2, 0) is 0 Å². The minimum Gasteiger partial charge on any atom is -0.493 e. The molecule has 1 aromatic carbocycles. The molecule has 0 saturated carbocycles. The molecular weight excluding hydrogens is 197 g/mol. The number of hydrogen-bond donors (Lipinski definition) is 1. The fourth-order valence-electron chi connectivity index (χ4n) is 1.37. The Bertz CT molecular complexity index is 342. The van der Waals surface area contributed by atoms with Gasteiger partial charge in [0.15, 0.2) is 11.5 Å². The van der Waals surface area contributed by atoms with Gasteiger partial charge in [-0.1, -0.05) is 6.92 Å². The first-order chi connectivity index (χ1) is 7.13. The summed E-state index contributed by atoms with van der Waals surface area (Å²) in [5, 5.41) is 0. The van der Waals surface area contributed by atoms with E-state index in [9.17, 15) is 4.39 Å². The van der Waals surface area contributed by atoms with E-state index in [1.165, 1.54) is 20.3 Å². The molecule has 0 saturated heterocycles. The lowest BCUT2D eigenvalue weighted by Gasteiger charge is -2.14. The second-order valence-electron chi connectivity index (χ2n) is 3.37. The highest BCUT2D eigenvalue weighted by atomic mass is 19.1. The molecule has 0 aliphatic heterocycles. The quantitative estimate of drug-likeness (QED) is 0.830. The van der Waals surface area contributed by atoms with Crippen molar-refractivity contribution in [2.24, 2.45) is 5.73 Å². The smallest absolute Gasteiger partial charge is 0.163 e. The highest BCUT2D eigenvalue weighted by Gasteiger charge is 2.14. The molecule has 0 bridgehead atoms. The van der Waals surface area contributed by atoms with E-state index in [1.54, 1.807) is 6.07 Å². The summed E-state index contributed by atoms with van der Waals surface area (Å²) in [4.78, 5) is 0. The van der Waals surface area contributed by atoms with Crippen molar-refractivity contribution in [1.82, 2.24) is 0 Å². The van der Waals surface area contributed by atoms with E-state index in [1.807, 2.05) is 6.92 Å². The van der Waals surface area contributed by atoms with Crippen molar-refractivity contribution in [3.63, 3.8) is 0 Å². The lowest BCUT2D eigenvalue weighted by atomic mass is 10.0.